The van der Waals surface area contributed by atoms with E-state index in [1.54, 1.807) is 38.4 Å². The number of carbonyl (C=O) groups is 2. The number of halogens is 1. The van der Waals surface area contributed by atoms with Crippen molar-refractivity contribution in [1.82, 2.24) is 10.2 Å². The number of likely N-dealkylation sites (N-methyl/N-ethyl adjacent to an activating group) is 1. The number of ether oxygens (including phenoxy) is 2. The summed E-state index contributed by atoms with van der Waals surface area (Å²) < 4.78 is 11.7. The SMILES string of the molecule is COCCCNC(=O)CN(C)C(=O)c1ccccc1Oc1cccc(Br)c1. The van der Waals surface area contributed by atoms with E-state index in [2.05, 4.69) is 21.2 Å². The lowest BCUT2D eigenvalue weighted by Gasteiger charge is -2.19. The Morgan fingerprint density at radius 3 is 2.67 bits per heavy atom. The van der Waals surface area contributed by atoms with Gasteiger partial charge in [-0.25, -0.2) is 0 Å². The van der Waals surface area contributed by atoms with Crippen LogP contribution in [-0.2, 0) is 9.53 Å². The second kappa shape index (κ2) is 10.7. The number of amides is 2. The van der Waals surface area contributed by atoms with Gasteiger partial charge in [0, 0.05) is 31.8 Å². The molecule has 27 heavy (non-hydrogen) atoms. The summed E-state index contributed by atoms with van der Waals surface area (Å²) in [6.45, 7) is 1.06. The van der Waals surface area contributed by atoms with Gasteiger partial charge in [0.2, 0.25) is 5.91 Å². The Morgan fingerprint density at radius 1 is 1.15 bits per heavy atom. The van der Waals surface area contributed by atoms with Gasteiger partial charge in [-0.1, -0.05) is 34.1 Å². The molecule has 0 saturated heterocycles. The molecule has 0 saturated carbocycles. The highest BCUT2D eigenvalue weighted by molar-refractivity contribution is 9.10. The molecule has 2 aromatic rings. The van der Waals surface area contributed by atoms with Crippen molar-refractivity contribution < 1.29 is 19.1 Å². The molecule has 0 spiro atoms. The number of para-hydroxylation sites is 1. The van der Waals surface area contributed by atoms with Crippen molar-refractivity contribution in [3.05, 3.63) is 58.6 Å². The van der Waals surface area contributed by atoms with Crippen LogP contribution in [0.2, 0.25) is 0 Å². The molecule has 0 unspecified atom stereocenters. The fourth-order valence-electron chi connectivity index (χ4n) is 2.38. The zero-order chi connectivity index (χ0) is 19.6. The first-order valence-corrected chi connectivity index (χ1v) is 9.34. The van der Waals surface area contributed by atoms with E-state index in [1.807, 2.05) is 24.3 Å². The molecular weight excluding hydrogens is 412 g/mol. The third kappa shape index (κ3) is 6.69. The van der Waals surface area contributed by atoms with Gasteiger partial charge in [0.05, 0.1) is 12.1 Å². The third-order valence-corrected chi connectivity index (χ3v) is 4.21. The molecule has 0 radical (unpaired) electrons. The van der Waals surface area contributed by atoms with E-state index in [4.69, 9.17) is 9.47 Å². The Hall–Kier alpha value is -2.38. The number of methoxy groups -OCH3 is 1. The molecule has 0 aliphatic heterocycles. The van der Waals surface area contributed by atoms with Crippen LogP contribution in [0, 0.1) is 0 Å². The van der Waals surface area contributed by atoms with E-state index in [0.717, 1.165) is 10.9 Å². The Labute approximate surface area is 167 Å². The van der Waals surface area contributed by atoms with E-state index < -0.39 is 0 Å². The Kier molecular flexibility index (Phi) is 8.29. The van der Waals surface area contributed by atoms with Crippen LogP contribution in [0.25, 0.3) is 0 Å². The number of hydrogen-bond acceptors (Lipinski definition) is 4. The second-order valence-corrected chi connectivity index (χ2v) is 6.83. The number of rotatable bonds is 9. The molecule has 2 rings (SSSR count). The van der Waals surface area contributed by atoms with Crippen molar-refractivity contribution in [1.29, 1.82) is 0 Å². The molecule has 0 heterocycles. The van der Waals surface area contributed by atoms with Gasteiger partial charge in [-0.2, -0.15) is 0 Å². The quantitative estimate of drug-likeness (QED) is 0.613. The van der Waals surface area contributed by atoms with E-state index in [1.165, 1.54) is 4.90 Å². The zero-order valence-corrected chi connectivity index (χ0v) is 17.0. The number of hydrogen-bond donors (Lipinski definition) is 1. The first kappa shape index (κ1) is 20.9. The Bertz CT molecular complexity index is 782. The standard InChI is InChI=1S/C20H23BrN2O4/c1-23(14-19(24)22-11-6-12-26-2)20(25)17-9-3-4-10-18(17)27-16-8-5-7-15(21)13-16/h3-5,7-10,13H,6,11-12,14H2,1-2H3,(H,22,24). The van der Waals surface area contributed by atoms with Crippen molar-refractivity contribution in [2.24, 2.45) is 0 Å². The van der Waals surface area contributed by atoms with Gasteiger partial charge in [-0.3, -0.25) is 9.59 Å². The lowest BCUT2D eigenvalue weighted by atomic mass is 10.1. The van der Waals surface area contributed by atoms with Gasteiger partial charge < -0.3 is 19.7 Å². The van der Waals surface area contributed by atoms with Crippen molar-refractivity contribution in [2.45, 2.75) is 6.42 Å². The maximum Gasteiger partial charge on any atom is 0.257 e. The number of nitrogens with zero attached hydrogens (tertiary/aromatic N) is 1. The summed E-state index contributed by atoms with van der Waals surface area (Å²) in [4.78, 5) is 26.1. The van der Waals surface area contributed by atoms with Crippen molar-refractivity contribution in [2.75, 3.05) is 33.9 Å². The maximum atomic E-state index is 12.8. The fraction of sp³-hybridized carbons (Fsp3) is 0.300. The highest BCUT2D eigenvalue weighted by atomic mass is 79.9. The molecule has 2 aromatic carbocycles. The van der Waals surface area contributed by atoms with Crippen LogP contribution in [0.3, 0.4) is 0 Å². The van der Waals surface area contributed by atoms with Gasteiger partial charge in [-0.15, -0.1) is 0 Å². The molecule has 1 N–H and O–H groups in total. The van der Waals surface area contributed by atoms with Crippen molar-refractivity contribution >= 4 is 27.7 Å². The molecule has 0 bridgehead atoms. The summed E-state index contributed by atoms with van der Waals surface area (Å²) in [5, 5.41) is 2.77. The lowest BCUT2D eigenvalue weighted by Crippen LogP contribution is -2.38. The van der Waals surface area contributed by atoms with Crippen LogP contribution in [0.1, 0.15) is 16.8 Å². The summed E-state index contributed by atoms with van der Waals surface area (Å²) in [6, 6.07) is 14.3. The Morgan fingerprint density at radius 2 is 1.93 bits per heavy atom. The average molecular weight is 435 g/mol. The predicted molar refractivity (Wildman–Crippen MR) is 107 cm³/mol. The van der Waals surface area contributed by atoms with Crippen LogP contribution < -0.4 is 10.1 Å². The molecule has 7 heteroatoms. The molecular formula is C20H23BrN2O4. The molecule has 0 aliphatic carbocycles. The minimum absolute atomic E-state index is 0.0307. The summed E-state index contributed by atoms with van der Waals surface area (Å²) >= 11 is 3.40. The predicted octanol–water partition coefficient (Wildman–Crippen LogP) is 3.47. The molecule has 144 valence electrons. The zero-order valence-electron chi connectivity index (χ0n) is 15.4. The average Bonchev–Trinajstić information content (AvgIpc) is 2.65. The summed E-state index contributed by atoms with van der Waals surface area (Å²) in [5.41, 5.74) is 0.396. The molecule has 0 aromatic heterocycles. The van der Waals surface area contributed by atoms with Gasteiger partial charge in [0.25, 0.3) is 5.91 Å². The first-order chi connectivity index (χ1) is 13.0. The number of carbonyl (C=O) groups excluding carboxylic acids is 2. The number of benzene rings is 2. The van der Waals surface area contributed by atoms with Crippen LogP contribution in [-0.4, -0.2) is 50.6 Å². The Balaban J connectivity index is 2.02. The van der Waals surface area contributed by atoms with Crippen LogP contribution in [0.4, 0.5) is 0 Å². The maximum absolute atomic E-state index is 12.8. The van der Waals surface area contributed by atoms with Crippen LogP contribution in [0.15, 0.2) is 53.0 Å². The third-order valence-electron chi connectivity index (χ3n) is 3.72. The molecule has 6 nitrogen and oxygen atoms in total. The highest BCUT2D eigenvalue weighted by Gasteiger charge is 2.19. The van der Waals surface area contributed by atoms with Gasteiger partial charge in [0.1, 0.15) is 11.5 Å². The normalized spacial score (nSPS) is 10.3. The van der Waals surface area contributed by atoms with Crippen LogP contribution >= 0.6 is 15.9 Å². The van der Waals surface area contributed by atoms with Crippen LogP contribution in [0.5, 0.6) is 11.5 Å². The molecule has 2 amide bonds. The minimum Gasteiger partial charge on any atom is -0.456 e. The summed E-state index contributed by atoms with van der Waals surface area (Å²) in [7, 11) is 3.20. The smallest absolute Gasteiger partial charge is 0.257 e. The van der Waals surface area contributed by atoms with E-state index in [9.17, 15) is 9.59 Å². The number of nitrogens with one attached hydrogen (secondary N) is 1. The van der Waals surface area contributed by atoms with E-state index in [-0.39, 0.29) is 18.4 Å². The minimum atomic E-state index is -0.285. The van der Waals surface area contributed by atoms with Crippen molar-refractivity contribution in [3.63, 3.8) is 0 Å². The summed E-state index contributed by atoms with van der Waals surface area (Å²) in [6.07, 6.45) is 0.725. The van der Waals surface area contributed by atoms with Crippen molar-refractivity contribution in [3.8, 4) is 11.5 Å². The topological polar surface area (TPSA) is 67.9 Å². The summed E-state index contributed by atoms with van der Waals surface area (Å²) in [5.74, 6) is 0.552. The monoisotopic (exact) mass is 434 g/mol. The second-order valence-electron chi connectivity index (χ2n) is 5.91. The van der Waals surface area contributed by atoms with E-state index >= 15 is 0 Å². The van der Waals surface area contributed by atoms with E-state index in [0.29, 0.717) is 30.2 Å². The van der Waals surface area contributed by atoms with Gasteiger partial charge >= 0.3 is 0 Å². The molecule has 0 fully saturated rings. The first-order valence-electron chi connectivity index (χ1n) is 8.55. The molecule has 0 aliphatic rings. The lowest BCUT2D eigenvalue weighted by molar-refractivity contribution is -0.121. The molecule has 0 atom stereocenters. The fourth-order valence-corrected chi connectivity index (χ4v) is 2.76. The highest BCUT2D eigenvalue weighted by Crippen LogP contribution is 2.27. The largest absolute Gasteiger partial charge is 0.456 e. The van der Waals surface area contributed by atoms with Gasteiger partial charge in [-0.05, 0) is 36.8 Å². The van der Waals surface area contributed by atoms with Gasteiger partial charge in [0.15, 0.2) is 0 Å².